The Kier molecular flexibility index (Phi) is 8.80. The lowest BCUT2D eigenvalue weighted by Gasteiger charge is -2.12. The Morgan fingerprint density at radius 1 is 0.975 bits per heavy atom. The van der Waals surface area contributed by atoms with Crippen molar-refractivity contribution in [3.8, 4) is 34.6 Å². The first-order valence-electron chi connectivity index (χ1n) is 11.9. The van der Waals surface area contributed by atoms with Crippen LogP contribution in [0, 0.1) is 0 Å². The first-order valence-corrected chi connectivity index (χ1v) is 13.6. The summed E-state index contributed by atoms with van der Waals surface area (Å²) in [7, 11) is 2.14. The van der Waals surface area contributed by atoms with Gasteiger partial charge in [-0.25, -0.2) is 13.4 Å². The van der Waals surface area contributed by atoms with Crippen molar-refractivity contribution in [2.24, 2.45) is 0 Å². The Hall–Kier alpha value is -4.71. The summed E-state index contributed by atoms with van der Waals surface area (Å²) < 4.78 is 57.7. The van der Waals surface area contributed by atoms with E-state index >= 15 is 0 Å². The van der Waals surface area contributed by atoms with Crippen molar-refractivity contribution in [1.82, 2.24) is 4.98 Å². The zero-order valence-corrected chi connectivity index (χ0v) is 23.1. The van der Waals surface area contributed by atoms with Crippen LogP contribution in [0.15, 0.2) is 60.3 Å². The van der Waals surface area contributed by atoms with Crippen molar-refractivity contribution in [2.45, 2.75) is 5.75 Å². The minimum absolute atomic E-state index is 0.114. The van der Waals surface area contributed by atoms with E-state index in [1.165, 1.54) is 53.0 Å². The number of nitrogens with one attached hydrogen (secondary N) is 1. The van der Waals surface area contributed by atoms with Crippen LogP contribution in [0.25, 0.3) is 6.08 Å². The van der Waals surface area contributed by atoms with Gasteiger partial charge in [0.1, 0.15) is 22.9 Å². The van der Waals surface area contributed by atoms with Gasteiger partial charge in [0.2, 0.25) is 12.7 Å². The first-order chi connectivity index (χ1) is 19.3. The molecule has 0 saturated carbocycles. The van der Waals surface area contributed by atoms with E-state index in [1.807, 2.05) is 0 Å². The Morgan fingerprint density at radius 2 is 1.70 bits per heavy atom. The van der Waals surface area contributed by atoms with Crippen LogP contribution in [-0.2, 0) is 15.6 Å². The number of allylic oxidation sites excluding steroid dienone is 1. The Bertz CT molecular complexity index is 1540. The van der Waals surface area contributed by atoms with Gasteiger partial charge in [0.15, 0.2) is 27.1 Å². The minimum Gasteiger partial charge on any atom is -0.496 e. The van der Waals surface area contributed by atoms with Crippen molar-refractivity contribution in [1.29, 1.82) is 0 Å². The molecule has 1 N–H and O–H groups in total. The third-order valence-corrected chi connectivity index (χ3v) is 7.08. The van der Waals surface area contributed by atoms with Gasteiger partial charge in [0.05, 0.1) is 39.8 Å². The molecule has 1 aromatic heterocycles. The third kappa shape index (κ3) is 6.64. The van der Waals surface area contributed by atoms with Crippen molar-refractivity contribution in [3.63, 3.8) is 0 Å². The smallest absolute Gasteiger partial charge is 0.237 e. The van der Waals surface area contributed by atoms with E-state index in [0.717, 1.165) is 5.41 Å². The molecule has 0 bridgehead atoms. The lowest BCUT2D eigenvalue weighted by atomic mass is 10.1. The van der Waals surface area contributed by atoms with Crippen LogP contribution in [-0.4, -0.2) is 54.4 Å². The van der Waals surface area contributed by atoms with Gasteiger partial charge in [-0.15, -0.1) is 0 Å². The number of methoxy groups -OCH3 is 4. The number of ether oxygens (including phenoxy) is 6. The summed E-state index contributed by atoms with van der Waals surface area (Å²) in [6.07, 6.45) is 5.57. The number of fused-ring (bicyclic) bond motifs is 1. The molecule has 0 spiro atoms. The molecular formula is C28H28N2O9S. The molecule has 0 aliphatic carbocycles. The Morgan fingerprint density at radius 3 is 2.38 bits per heavy atom. The molecule has 4 rings (SSSR count). The molecule has 2 heterocycles. The highest BCUT2D eigenvalue weighted by Crippen LogP contribution is 2.35. The summed E-state index contributed by atoms with van der Waals surface area (Å²) in [6.45, 7) is 0.114. The first kappa shape index (κ1) is 28.3. The van der Waals surface area contributed by atoms with Gasteiger partial charge in [0.25, 0.3) is 0 Å². The molecule has 11 nitrogen and oxygen atoms in total. The lowest BCUT2D eigenvalue weighted by Crippen LogP contribution is -2.04. The number of carbonyl (C=O) groups is 1. The van der Waals surface area contributed by atoms with Crippen LogP contribution in [0.2, 0.25) is 0 Å². The molecule has 2 aromatic carbocycles. The number of rotatable bonds is 12. The van der Waals surface area contributed by atoms with Gasteiger partial charge in [0, 0.05) is 41.6 Å². The lowest BCUT2D eigenvalue weighted by molar-refractivity contribution is 0.104. The highest BCUT2D eigenvalue weighted by molar-refractivity contribution is 7.93. The molecule has 0 saturated heterocycles. The van der Waals surface area contributed by atoms with Gasteiger partial charge in [-0.2, -0.15) is 0 Å². The fourth-order valence-electron chi connectivity index (χ4n) is 3.84. The molecule has 3 aromatic rings. The topological polar surface area (TPSA) is 132 Å². The van der Waals surface area contributed by atoms with Crippen molar-refractivity contribution < 1.29 is 41.6 Å². The molecule has 0 radical (unpaired) electrons. The van der Waals surface area contributed by atoms with E-state index in [9.17, 15) is 13.2 Å². The maximum absolute atomic E-state index is 13.0. The summed E-state index contributed by atoms with van der Waals surface area (Å²) in [6, 6.07) is 9.76. The van der Waals surface area contributed by atoms with Crippen LogP contribution < -0.4 is 33.7 Å². The van der Waals surface area contributed by atoms with Crippen LogP contribution in [0.1, 0.15) is 21.5 Å². The molecule has 0 fully saturated rings. The average molecular weight is 569 g/mol. The van der Waals surface area contributed by atoms with Gasteiger partial charge in [-0.3, -0.25) is 4.79 Å². The molecule has 0 amide bonds. The summed E-state index contributed by atoms with van der Waals surface area (Å²) in [5.74, 6) is 1.99. The Balaban J connectivity index is 1.49. The number of pyridine rings is 1. The van der Waals surface area contributed by atoms with Gasteiger partial charge in [-0.1, -0.05) is 0 Å². The number of sulfone groups is 1. The number of hydrogen-bond donors (Lipinski definition) is 1. The molecule has 40 heavy (non-hydrogen) atoms. The summed E-state index contributed by atoms with van der Waals surface area (Å²) in [5.41, 5.74) is 1.65. The van der Waals surface area contributed by atoms with E-state index in [2.05, 4.69) is 10.3 Å². The fraction of sp³-hybridized carbons (Fsp3) is 0.214. The van der Waals surface area contributed by atoms with Gasteiger partial charge >= 0.3 is 0 Å². The van der Waals surface area contributed by atoms with Crippen LogP contribution in [0.3, 0.4) is 0 Å². The van der Waals surface area contributed by atoms with Crippen LogP contribution in [0.4, 0.5) is 5.69 Å². The van der Waals surface area contributed by atoms with E-state index < -0.39 is 9.84 Å². The SMILES string of the molecule is COc1cc(OC)c(/C=C/S(=O)(=O)Cc2cnc(OC)c(N/C=C\C(=O)c3ccc4c(c3)OCO4)c2)c(OC)c1. The highest BCUT2D eigenvalue weighted by Gasteiger charge is 2.17. The second-order valence-corrected chi connectivity index (χ2v) is 10.3. The van der Waals surface area contributed by atoms with Crippen molar-refractivity contribution in [2.75, 3.05) is 40.5 Å². The second-order valence-electron chi connectivity index (χ2n) is 8.37. The summed E-state index contributed by atoms with van der Waals surface area (Å²) >= 11 is 0. The second kappa shape index (κ2) is 12.4. The molecule has 1 aliphatic rings. The maximum Gasteiger partial charge on any atom is 0.237 e. The molecule has 210 valence electrons. The number of hydrogen-bond acceptors (Lipinski definition) is 11. The Labute approximate surface area is 231 Å². The van der Waals surface area contributed by atoms with Gasteiger partial charge in [-0.05, 0) is 35.9 Å². The predicted octanol–water partition coefficient (Wildman–Crippen LogP) is 4.24. The monoisotopic (exact) mass is 568 g/mol. The quantitative estimate of drug-likeness (QED) is 0.249. The minimum atomic E-state index is -3.74. The third-order valence-electron chi connectivity index (χ3n) is 5.79. The predicted molar refractivity (Wildman–Crippen MR) is 148 cm³/mol. The van der Waals surface area contributed by atoms with E-state index in [4.69, 9.17) is 28.4 Å². The highest BCUT2D eigenvalue weighted by atomic mass is 32.2. The van der Waals surface area contributed by atoms with Crippen molar-refractivity contribution in [3.05, 3.63) is 77.0 Å². The number of benzene rings is 2. The standard InChI is InChI=1S/C28H28N2O9S/c1-34-20-13-25(35-2)21(26(14-20)36-3)8-10-40(32,33)16-18-11-22(28(37-4)30-15-18)29-9-7-23(31)19-5-6-24-27(12-19)39-17-38-24/h5-15,29H,16-17H2,1-4H3/b9-7-,10-8+. The van der Waals surface area contributed by atoms with E-state index in [1.54, 1.807) is 36.4 Å². The normalized spacial score (nSPS) is 12.5. The summed E-state index contributed by atoms with van der Waals surface area (Å²) in [5, 5.41) is 4.02. The maximum atomic E-state index is 13.0. The van der Waals surface area contributed by atoms with Gasteiger partial charge < -0.3 is 33.7 Å². The van der Waals surface area contributed by atoms with E-state index in [-0.39, 0.29) is 24.2 Å². The number of nitrogens with zero attached hydrogens (tertiary/aromatic N) is 1. The zero-order valence-electron chi connectivity index (χ0n) is 22.3. The number of aromatic nitrogens is 1. The molecule has 0 atom stereocenters. The van der Waals surface area contributed by atoms with Crippen LogP contribution in [0.5, 0.6) is 34.6 Å². The average Bonchev–Trinajstić information content (AvgIpc) is 3.43. The molecule has 1 aliphatic heterocycles. The number of ketones is 1. The molecular weight excluding hydrogens is 540 g/mol. The van der Waals surface area contributed by atoms with E-state index in [0.29, 0.717) is 51.1 Å². The molecule has 12 heteroatoms. The van der Waals surface area contributed by atoms with Crippen molar-refractivity contribution >= 4 is 27.4 Å². The van der Waals surface area contributed by atoms with Crippen LogP contribution >= 0.6 is 0 Å². The fourth-order valence-corrected chi connectivity index (χ4v) is 4.90. The summed E-state index contributed by atoms with van der Waals surface area (Å²) in [4.78, 5) is 16.8. The largest absolute Gasteiger partial charge is 0.496 e. The zero-order chi connectivity index (χ0) is 28.7. The number of anilines is 1. The molecule has 0 unspecified atom stereocenters. The number of carbonyl (C=O) groups excluding carboxylic acids is 1.